The quantitative estimate of drug-likeness (QED) is 0.751. The Hall–Kier alpha value is -2.15. The maximum Gasteiger partial charge on any atom is 0.230 e. The third kappa shape index (κ3) is 6.29. The van der Waals surface area contributed by atoms with Crippen LogP contribution in [-0.4, -0.2) is 35.0 Å². The Kier molecular flexibility index (Phi) is 7.84. The van der Waals surface area contributed by atoms with Gasteiger partial charge in [0.1, 0.15) is 5.76 Å². The fourth-order valence-electron chi connectivity index (χ4n) is 2.82. The minimum absolute atomic E-state index is 0.149. The van der Waals surface area contributed by atoms with Gasteiger partial charge in [-0.2, -0.15) is 0 Å². The van der Waals surface area contributed by atoms with E-state index < -0.39 is 0 Å². The highest BCUT2D eigenvalue weighted by molar-refractivity contribution is 9.10. The van der Waals surface area contributed by atoms with Crippen LogP contribution >= 0.6 is 15.9 Å². The molecule has 1 aliphatic rings. The van der Waals surface area contributed by atoms with Gasteiger partial charge in [-0.25, -0.2) is 0 Å². The van der Waals surface area contributed by atoms with Crippen LogP contribution in [0.15, 0.2) is 39.3 Å². The largest absolute Gasteiger partial charge is 0.361 e. The first-order valence-electron chi connectivity index (χ1n) is 8.62. The first kappa shape index (κ1) is 20.2. The summed E-state index contributed by atoms with van der Waals surface area (Å²) in [5.74, 6) is 0.813. The number of nitrogens with zero attached hydrogens (tertiary/aromatic N) is 2. The molecule has 2 amide bonds. The molecule has 1 N–H and O–H groups in total. The second kappa shape index (κ2) is 10.1. The third-order valence-electron chi connectivity index (χ3n) is 4.18. The van der Waals surface area contributed by atoms with Gasteiger partial charge in [-0.3, -0.25) is 9.59 Å². The minimum atomic E-state index is 0.149. The molecule has 1 saturated heterocycles. The zero-order valence-electron chi connectivity index (χ0n) is 15.1. The van der Waals surface area contributed by atoms with Crippen molar-refractivity contribution in [1.29, 1.82) is 0 Å². The number of likely N-dealkylation sites (tertiary alicyclic amines) is 1. The van der Waals surface area contributed by atoms with Crippen molar-refractivity contribution in [3.05, 3.63) is 51.8 Å². The molecule has 0 bridgehead atoms. The molecule has 0 spiro atoms. The van der Waals surface area contributed by atoms with Crippen LogP contribution in [0.4, 0.5) is 0 Å². The molecule has 7 heteroatoms. The van der Waals surface area contributed by atoms with Crippen LogP contribution in [0.1, 0.15) is 36.8 Å². The van der Waals surface area contributed by atoms with Crippen LogP contribution < -0.4 is 5.32 Å². The van der Waals surface area contributed by atoms with Gasteiger partial charge in [0.25, 0.3) is 0 Å². The SMILES string of the molecule is Cc1cc(CC(=O)N2CCCC2C)on1.O=CNCc1ccc(Br)cc1. The van der Waals surface area contributed by atoms with Crippen LogP contribution in [-0.2, 0) is 22.6 Å². The van der Waals surface area contributed by atoms with E-state index in [0.29, 0.717) is 31.2 Å². The van der Waals surface area contributed by atoms with Crippen LogP contribution in [0.3, 0.4) is 0 Å². The Balaban J connectivity index is 0.000000197. The molecule has 26 heavy (non-hydrogen) atoms. The Labute approximate surface area is 162 Å². The van der Waals surface area contributed by atoms with Gasteiger partial charge in [0.2, 0.25) is 12.3 Å². The molecule has 1 aliphatic heterocycles. The second-order valence-corrected chi connectivity index (χ2v) is 7.23. The fourth-order valence-corrected chi connectivity index (χ4v) is 3.08. The van der Waals surface area contributed by atoms with Gasteiger partial charge in [-0.1, -0.05) is 33.2 Å². The number of amides is 2. The van der Waals surface area contributed by atoms with Crippen molar-refractivity contribution in [3.8, 4) is 0 Å². The third-order valence-corrected chi connectivity index (χ3v) is 4.71. The number of carbonyl (C=O) groups is 2. The van der Waals surface area contributed by atoms with Crippen molar-refractivity contribution in [3.63, 3.8) is 0 Å². The molecule has 0 aliphatic carbocycles. The van der Waals surface area contributed by atoms with E-state index in [1.54, 1.807) is 0 Å². The highest BCUT2D eigenvalue weighted by Gasteiger charge is 2.25. The summed E-state index contributed by atoms with van der Waals surface area (Å²) < 4.78 is 6.08. The zero-order valence-corrected chi connectivity index (χ0v) is 16.7. The van der Waals surface area contributed by atoms with Crippen LogP contribution in [0.2, 0.25) is 0 Å². The summed E-state index contributed by atoms with van der Waals surface area (Å²) in [5, 5.41) is 6.36. The molecule has 2 aromatic rings. The minimum Gasteiger partial charge on any atom is -0.361 e. The summed E-state index contributed by atoms with van der Waals surface area (Å²) in [5.41, 5.74) is 1.92. The molecule has 1 fully saturated rings. The Morgan fingerprint density at radius 2 is 2.15 bits per heavy atom. The summed E-state index contributed by atoms with van der Waals surface area (Å²) in [6.45, 7) is 5.43. The lowest BCUT2D eigenvalue weighted by atomic mass is 10.2. The van der Waals surface area contributed by atoms with E-state index in [1.165, 1.54) is 0 Å². The monoisotopic (exact) mass is 421 g/mol. The number of rotatable bonds is 5. The van der Waals surface area contributed by atoms with Crippen molar-refractivity contribution < 1.29 is 14.1 Å². The topological polar surface area (TPSA) is 75.4 Å². The zero-order chi connectivity index (χ0) is 18.9. The van der Waals surface area contributed by atoms with E-state index in [4.69, 9.17) is 4.52 Å². The van der Waals surface area contributed by atoms with Gasteiger partial charge in [-0.15, -0.1) is 0 Å². The number of carbonyl (C=O) groups excluding carboxylic acids is 2. The first-order chi connectivity index (χ1) is 12.5. The molecule has 1 atom stereocenters. The molecular weight excluding hydrogens is 398 g/mol. The van der Waals surface area contributed by atoms with Crippen molar-refractivity contribution in [2.24, 2.45) is 0 Å². The number of benzene rings is 1. The number of hydrogen-bond donors (Lipinski definition) is 1. The Morgan fingerprint density at radius 3 is 2.69 bits per heavy atom. The van der Waals surface area contributed by atoms with Gasteiger partial charge in [-0.05, 0) is 44.4 Å². The molecule has 140 valence electrons. The lowest BCUT2D eigenvalue weighted by molar-refractivity contribution is -0.131. The molecule has 0 saturated carbocycles. The van der Waals surface area contributed by atoms with Crippen molar-refractivity contribution >= 4 is 28.2 Å². The second-order valence-electron chi connectivity index (χ2n) is 6.31. The molecule has 0 radical (unpaired) electrons. The lowest BCUT2D eigenvalue weighted by Gasteiger charge is -2.20. The summed E-state index contributed by atoms with van der Waals surface area (Å²) in [6.07, 6.45) is 3.26. The Bertz CT molecular complexity index is 715. The Morgan fingerprint density at radius 1 is 1.42 bits per heavy atom. The molecule has 6 nitrogen and oxygen atoms in total. The molecule has 3 rings (SSSR count). The first-order valence-corrected chi connectivity index (χ1v) is 9.42. The summed E-state index contributed by atoms with van der Waals surface area (Å²) in [6, 6.07) is 10.0. The average Bonchev–Trinajstić information content (AvgIpc) is 3.23. The van der Waals surface area contributed by atoms with Gasteiger partial charge >= 0.3 is 0 Å². The van der Waals surface area contributed by atoms with E-state index in [-0.39, 0.29) is 5.91 Å². The van der Waals surface area contributed by atoms with E-state index in [9.17, 15) is 9.59 Å². The molecule has 1 aromatic heterocycles. The standard InChI is InChI=1S/C11H16N2O2.C8H8BrNO/c1-8-6-10(15-12-8)7-11(14)13-5-3-4-9(13)2;9-8-3-1-7(2-4-8)5-10-6-11/h6,9H,3-5,7H2,1-2H3;1-4,6H,5H2,(H,10,11). The van der Waals surface area contributed by atoms with E-state index in [0.717, 1.165) is 35.1 Å². The van der Waals surface area contributed by atoms with Crippen LogP contribution in [0, 0.1) is 6.92 Å². The molecule has 2 heterocycles. The van der Waals surface area contributed by atoms with Crippen molar-refractivity contribution in [2.45, 2.75) is 45.7 Å². The van der Waals surface area contributed by atoms with Gasteiger partial charge in [0, 0.05) is 29.7 Å². The normalized spacial score (nSPS) is 16.0. The number of aryl methyl sites for hydroxylation is 1. The summed E-state index contributed by atoms with van der Waals surface area (Å²) in [7, 11) is 0. The fraction of sp³-hybridized carbons (Fsp3) is 0.421. The predicted molar refractivity (Wildman–Crippen MR) is 102 cm³/mol. The van der Waals surface area contributed by atoms with Gasteiger partial charge < -0.3 is 14.7 Å². The maximum absolute atomic E-state index is 11.9. The maximum atomic E-state index is 11.9. The highest BCUT2D eigenvalue weighted by atomic mass is 79.9. The van der Waals surface area contributed by atoms with Gasteiger partial charge in [0.15, 0.2) is 0 Å². The predicted octanol–water partition coefficient (Wildman–Crippen LogP) is 3.23. The van der Waals surface area contributed by atoms with E-state index >= 15 is 0 Å². The summed E-state index contributed by atoms with van der Waals surface area (Å²) in [4.78, 5) is 23.7. The molecule has 1 unspecified atom stereocenters. The number of aromatic nitrogens is 1. The van der Waals surface area contributed by atoms with Crippen molar-refractivity contribution in [1.82, 2.24) is 15.4 Å². The highest BCUT2D eigenvalue weighted by Crippen LogP contribution is 2.18. The lowest BCUT2D eigenvalue weighted by Crippen LogP contribution is -2.34. The van der Waals surface area contributed by atoms with Gasteiger partial charge in [0.05, 0.1) is 12.1 Å². The molecular formula is C19H24BrN3O3. The molecule has 1 aromatic carbocycles. The van der Waals surface area contributed by atoms with Crippen molar-refractivity contribution in [2.75, 3.05) is 6.54 Å². The van der Waals surface area contributed by atoms with E-state index in [2.05, 4.69) is 33.3 Å². The number of nitrogens with one attached hydrogen (secondary N) is 1. The summed E-state index contributed by atoms with van der Waals surface area (Å²) >= 11 is 3.32. The average molecular weight is 422 g/mol. The van der Waals surface area contributed by atoms with Crippen LogP contribution in [0.25, 0.3) is 0 Å². The van der Waals surface area contributed by atoms with Crippen LogP contribution in [0.5, 0.6) is 0 Å². The smallest absolute Gasteiger partial charge is 0.230 e. The number of halogens is 1. The van der Waals surface area contributed by atoms with E-state index in [1.807, 2.05) is 42.2 Å². The number of hydrogen-bond acceptors (Lipinski definition) is 4.